The lowest BCUT2D eigenvalue weighted by Crippen LogP contribution is -1.95. The molecular formula is C19H19N5OS2. The molecule has 8 heteroatoms. The Balaban J connectivity index is 1.65. The first-order chi connectivity index (χ1) is 13.0. The molecule has 1 N–H and O–H groups in total. The van der Waals surface area contributed by atoms with E-state index in [4.69, 9.17) is 9.72 Å². The molecule has 0 saturated heterocycles. The highest BCUT2D eigenvalue weighted by Gasteiger charge is 2.13. The molecule has 0 aliphatic rings. The van der Waals surface area contributed by atoms with Crippen LogP contribution in [0, 0.1) is 13.8 Å². The van der Waals surface area contributed by atoms with E-state index in [0.717, 1.165) is 49.0 Å². The first-order valence-corrected chi connectivity index (χ1v) is 10.1. The summed E-state index contributed by atoms with van der Waals surface area (Å²) in [6, 6.07) is 6.03. The summed E-state index contributed by atoms with van der Waals surface area (Å²) < 4.78 is 7.30. The number of rotatable bonds is 5. The molecule has 1 aromatic carbocycles. The molecule has 27 heavy (non-hydrogen) atoms. The summed E-state index contributed by atoms with van der Waals surface area (Å²) >= 11 is 3.23. The summed E-state index contributed by atoms with van der Waals surface area (Å²) in [4.78, 5) is 10.3. The number of methoxy groups -OCH3 is 1. The predicted octanol–water partition coefficient (Wildman–Crippen LogP) is 5.04. The Labute approximate surface area is 165 Å². The summed E-state index contributed by atoms with van der Waals surface area (Å²) in [6.45, 7) is 4.03. The molecule has 4 rings (SSSR count). The minimum absolute atomic E-state index is 0.768. The Bertz CT molecular complexity index is 1100. The summed E-state index contributed by atoms with van der Waals surface area (Å²) in [5.74, 6) is 0.768. The maximum atomic E-state index is 5.51. The van der Waals surface area contributed by atoms with Crippen LogP contribution in [0.1, 0.15) is 10.7 Å². The van der Waals surface area contributed by atoms with Gasteiger partial charge in [0.1, 0.15) is 5.75 Å². The topological polar surface area (TPSA) is 64.9 Å². The molecule has 0 saturated carbocycles. The lowest BCUT2D eigenvalue weighted by atomic mass is 10.1. The van der Waals surface area contributed by atoms with Crippen LogP contribution in [0.25, 0.3) is 21.7 Å². The average Bonchev–Trinajstić information content (AvgIpc) is 3.35. The van der Waals surface area contributed by atoms with Crippen molar-refractivity contribution in [3.8, 4) is 27.4 Å². The van der Waals surface area contributed by atoms with E-state index in [1.165, 1.54) is 0 Å². The molecule has 0 fully saturated rings. The average molecular weight is 398 g/mol. The highest BCUT2D eigenvalue weighted by atomic mass is 32.1. The molecule has 0 spiro atoms. The summed E-state index contributed by atoms with van der Waals surface area (Å²) in [5, 5.41) is 11.6. The molecule has 0 bridgehead atoms. The number of anilines is 2. The molecular weight excluding hydrogens is 378 g/mol. The van der Waals surface area contributed by atoms with Crippen LogP contribution in [-0.2, 0) is 7.05 Å². The Morgan fingerprint density at radius 2 is 2.00 bits per heavy atom. The van der Waals surface area contributed by atoms with Crippen molar-refractivity contribution in [1.82, 2.24) is 19.7 Å². The van der Waals surface area contributed by atoms with Gasteiger partial charge in [-0.05, 0) is 31.5 Å². The van der Waals surface area contributed by atoms with E-state index in [0.29, 0.717) is 0 Å². The molecule has 0 radical (unpaired) electrons. The van der Waals surface area contributed by atoms with E-state index in [-0.39, 0.29) is 0 Å². The maximum absolute atomic E-state index is 5.51. The van der Waals surface area contributed by atoms with Gasteiger partial charge in [-0.2, -0.15) is 5.10 Å². The van der Waals surface area contributed by atoms with Gasteiger partial charge in [-0.1, -0.05) is 6.07 Å². The predicted molar refractivity (Wildman–Crippen MR) is 111 cm³/mol. The molecule has 6 nitrogen and oxygen atoms in total. The Morgan fingerprint density at radius 3 is 2.67 bits per heavy atom. The largest absolute Gasteiger partial charge is 0.495 e. The second-order valence-electron chi connectivity index (χ2n) is 6.13. The first-order valence-electron chi connectivity index (χ1n) is 8.37. The Kier molecular flexibility index (Phi) is 4.67. The van der Waals surface area contributed by atoms with Crippen molar-refractivity contribution in [3.05, 3.63) is 46.7 Å². The van der Waals surface area contributed by atoms with Crippen molar-refractivity contribution in [2.75, 3.05) is 12.4 Å². The number of hydrogen-bond acceptors (Lipinski definition) is 7. The van der Waals surface area contributed by atoms with E-state index in [1.807, 2.05) is 45.4 Å². The number of hydrogen-bond donors (Lipinski definition) is 1. The van der Waals surface area contributed by atoms with E-state index in [9.17, 15) is 0 Å². The smallest absolute Gasteiger partial charge is 0.187 e. The fourth-order valence-corrected chi connectivity index (χ4v) is 4.54. The van der Waals surface area contributed by atoms with Gasteiger partial charge in [0, 0.05) is 24.2 Å². The highest BCUT2D eigenvalue weighted by molar-refractivity contribution is 7.16. The lowest BCUT2D eigenvalue weighted by molar-refractivity contribution is 0.417. The van der Waals surface area contributed by atoms with Gasteiger partial charge in [-0.25, -0.2) is 9.97 Å². The Morgan fingerprint density at radius 1 is 1.15 bits per heavy atom. The zero-order valence-corrected chi connectivity index (χ0v) is 17.1. The van der Waals surface area contributed by atoms with Crippen molar-refractivity contribution in [1.29, 1.82) is 0 Å². The number of aryl methyl sites for hydroxylation is 3. The fourth-order valence-electron chi connectivity index (χ4n) is 2.88. The van der Waals surface area contributed by atoms with E-state index >= 15 is 0 Å². The van der Waals surface area contributed by atoms with Gasteiger partial charge >= 0.3 is 0 Å². The van der Waals surface area contributed by atoms with E-state index in [2.05, 4.69) is 26.8 Å². The minimum Gasteiger partial charge on any atom is -0.495 e. The van der Waals surface area contributed by atoms with Gasteiger partial charge in [0.15, 0.2) is 5.13 Å². The van der Waals surface area contributed by atoms with Crippen molar-refractivity contribution in [2.24, 2.45) is 7.05 Å². The minimum atomic E-state index is 0.768. The standard InChI is InChI=1S/C19H19N5OS2/c1-11-18(27-12(2)21-11)16-10-26-19(23-16)22-15-7-13(5-6-17(15)25-4)14-8-20-24(3)9-14/h5-10H,1-4H3,(H,22,23). The lowest BCUT2D eigenvalue weighted by Gasteiger charge is -2.10. The summed E-state index contributed by atoms with van der Waals surface area (Å²) in [7, 11) is 3.58. The van der Waals surface area contributed by atoms with Crippen LogP contribution in [0.2, 0.25) is 0 Å². The van der Waals surface area contributed by atoms with Crippen LogP contribution in [0.3, 0.4) is 0 Å². The highest BCUT2D eigenvalue weighted by Crippen LogP contribution is 2.36. The third-order valence-electron chi connectivity index (χ3n) is 4.12. The SMILES string of the molecule is COc1ccc(-c2cnn(C)c2)cc1Nc1nc(-c2sc(C)nc2C)cs1. The Hall–Kier alpha value is -2.71. The maximum Gasteiger partial charge on any atom is 0.187 e. The van der Waals surface area contributed by atoms with Gasteiger partial charge < -0.3 is 10.1 Å². The fraction of sp³-hybridized carbons (Fsp3) is 0.211. The van der Waals surface area contributed by atoms with Crippen molar-refractivity contribution < 1.29 is 4.74 Å². The molecule has 0 unspecified atom stereocenters. The van der Waals surface area contributed by atoms with Crippen LogP contribution in [0.4, 0.5) is 10.8 Å². The number of nitrogens with one attached hydrogen (secondary N) is 1. The van der Waals surface area contributed by atoms with Crippen molar-refractivity contribution >= 4 is 33.5 Å². The quantitative estimate of drug-likeness (QED) is 0.511. The first kappa shape index (κ1) is 17.7. The zero-order chi connectivity index (χ0) is 19.0. The van der Waals surface area contributed by atoms with Crippen LogP contribution < -0.4 is 10.1 Å². The monoisotopic (exact) mass is 397 g/mol. The van der Waals surface area contributed by atoms with Gasteiger partial charge in [-0.15, -0.1) is 22.7 Å². The van der Waals surface area contributed by atoms with Gasteiger partial charge in [-0.3, -0.25) is 4.68 Å². The van der Waals surface area contributed by atoms with Crippen molar-refractivity contribution in [3.63, 3.8) is 0 Å². The molecule has 3 aromatic heterocycles. The van der Waals surface area contributed by atoms with Gasteiger partial charge in [0.25, 0.3) is 0 Å². The normalized spacial score (nSPS) is 11.0. The molecule has 0 atom stereocenters. The van der Waals surface area contributed by atoms with Crippen LogP contribution >= 0.6 is 22.7 Å². The third kappa shape index (κ3) is 3.58. The summed E-state index contributed by atoms with van der Waals surface area (Å²) in [6.07, 6.45) is 3.84. The van der Waals surface area contributed by atoms with E-state index in [1.54, 1.807) is 34.5 Å². The second kappa shape index (κ2) is 7.13. The number of ether oxygens (including phenoxy) is 1. The van der Waals surface area contributed by atoms with E-state index < -0.39 is 0 Å². The van der Waals surface area contributed by atoms with Crippen LogP contribution in [-0.4, -0.2) is 26.9 Å². The molecule has 0 amide bonds. The summed E-state index contributed by atoms with van der Waals surface area (Å²) in [5.41, 5.74) is 4.96. The molecule has 0 aliphatic carbocycles. The molecule has 138 valence electrons. The molecule has 0 aliphatic heterocycles. The molecule has 3 heterocycles. The van der Waals surface area contributed by atoms with Crippen molar-refractivity contribution in [2.45, 2.75) is 13.8 Å². The van der Waals surface area contributed by atoms with Crippen LogP contribution in [0.15, 0.2) is 36.0 Å². The third-order valence-corrected chi connectivity index (χ3v) is 5.97. The number of nitrogens with zero attached hydrogens (tertiary/aromatic N) is 4. The van der Waals surface area contributed by atoms with Gasteiger partial charge in [0.2, 0.25) is 0 Å². The van der Waals surface area contributed by atoms with Crippen LogP contribution in [0.5, 0.6) is 5.75 Å². The van der Waals surface area contributed by atoms with Gasteiger partial charge in [0.05, 0.1) is 40.3 Å². The zero-order valence-electron chi connectivity index (χ0n) is 15.5. The number of thiazole rings is 2. The number of aromatic nitrogens is 4. The second-order valence-corrected chi connectivity index (χ2v) is 8.19. The number of benzene rings is 1. The molecule has 4 aromatic rings.